The molecule has 3 aliphatic heterocycles. The number of alkyl halides is 1. The van der Waals surface area contributed by atoms with Crippen LogP contribution >= 0.6 is 0 Å². The third kappa shape index (κ3) is 2.94. The number of amides is 2. The molecule has 0 radical (unpaired) electrons. The molecule has 3 heterocycles. The molecule has 2 aromatic rings. The van der Waals surface area contributed by atoms with Crippen LogP contribution in [0.2, 0.25) is 0 Å². The molecule has 5 rings (SSSR count). The molecule has 3 atom stereocenters. The van der Waals surface area contributed by atoms with Crippen LogP contribution in [0.25, 0.3) is 0 Å². The van der Waals surface area contributed by atoms with E-state index in [9.17, 15) is 14.0 Å². The summed E-state index contributed by atoms with van der Waals surface area (Å²) < 4.78 is 20.9. The van der Waals surface area contributed by atoms with Crippen molar-refractivity contribution in [2.24, 2.45) is 0 Å². The molecule has 0 saturated carbocycles. The Morgan fingerprint density at radius 1 is 1.00 bits per heavy atom. The van der Waals surface area contributed by atoms with Crippen molar-refractivity contribution in [3.05, 3.63) is 71.8 Å². The summed E-state index contributed by atoms with van der Waals surface area (Å²) in [6, 6.07) is 18.4. The van der Waals surface area contributed by atoms with Gasteiger partial charge in [-0.3, -0.25) is 9.59 Å². The number of hydrogen-bond donors (Lipinski definition) is 0. The van der Waals surface area contributed by atoms with E-state index in [1.54, 1.807) is 21.9 Å². The van der Waals surface area contributed by atoms with Crippen molar-refractivity contribution in [3.63, 3.8) is 0 Å². The van der Waals surface area contributed by atoms with Gasteiger partial charge < -0.3 is 14.5 Å². The second-order valence-corrected chi connectivity index (χ2v) is 8.05. The van der Waals surface area contributed by atoms with Gasteiger partial charge in [0.15, 0.2) is 11.8 Å². The van der Waals surface area contributed by atoms with E-state index >= 15 is 0 Å². The van der Waals surface area contributed by atoms with Crippen LogP contribution in [0.5, 0.6) is 0 Å². The molecule has 3 aliphatic rings. The van der Waals surface area contributed by atoms with E-state index in [1.165, 1.54) is 0 Å². The predicted molar refractivity (Wildman–Crippen MR) is 105 cm³/mol. The minimum atomic E-state index is -1.20. The van der Waals surface area contributed by atoms with Crippen LogP contribution in [0.3, 0.4) is 0 Å². The van der Waals surface area contributed by atoms with Gasteiger partial charge in [0.25, 0.3) is 11.8 Å². The highest BCUT2D eigenvalue weighted by Crippen LogP contribution is 2.48. The first-order valence-electron chi connectivity index (χ1n) is 10.1. The molecule has 0 aromatic heterocycles. The largest absolute Gasteiger partial charge is 0.339 e. The first-order chi connectivity index (χ1) is 14.1. The normalized spacial score (nSPS) is 28.0. The van der Waals surface area contributed by atoms with Gasteiger partial charge >= 0.3 is 0 Å². The Bertz CT molecular complexity index is 912. The van der Waals surface area contributed by atoms with Crippen molar-refractivity contribution < 1.29 is 18.7 Å². The number of ether oxygens (including phenoxy) is 1. The summed E-state index contributed by atoms with van der Waals surface area (Å²) in [6.07, 6.45) is -0.983. The molecule has 6 heteroatoms. The van der Waals surface area contributed by atoms with Crippen LogP contribution in [-0.4, -0.2) is 52.7 Å². The topological polar surface area (TPSA) is 49.9 Å². The van der Waals surface area contributed by atoms with Crippen LogP contribution in [0.4, 0.5) is 4.39 Å². The number of halogens is 1. The van der Waals surface area contributed by atoms with E-state index in [4.69, 9.17) is 4.74 Å². The number of rotatable bonds is 2. The lowest BCUT2D eigenvalue weighted by Gasteiger charge is -2.37. The number of carbonyl (C=O) groups is 2. The Labute approximate surface area is 169 Å². The number of benzene rings is 2. The minimum Gasteiger partial charge on any atom is -0.339 e. The Morgan fingerprint density at radius 3 is 2.28 bits per heavy atom. The molecule has 0 unspecified atom stereocenters. The number of likely N-dealkylation sites (tertiary alicyclic amines) is 1. The van der Waals surface area contributed by atoms with Crippen LogP contribution in [0, 0.1) is 0 Å². The molecule has 2 aromatic carbocycles. The molecule has 0 aliphatic carbocycles. The van der Waals surface area contributed by atoms with E-state index in [0.717, 1.165) is 5.56 Å². The average Bonchev–Trinajstić information content (AvgIpc) is 3.24. The quantitative estimate of drug-likeness (QED) is 0.785. The average molecular weight is 394 g/mol. The summed E-state index contributed by atoms with van der Waals surface area (Å²) >= 11 is 0. The molecule has 0 N–H and O–H groups in total. The molecule has 2 amide bonds. The van der Waals surface area contributed by atoms with Gasteiger partial charge in [-0.2, -0.15) is 0 Å². The van der Waals surface area contributed by atoms with Gasteiger partial charge in [-0.1, -0.05) is 48.5 Å². The fraction of sp³-hybridized carbons (Fsp3) is 0.391. The molecule has 0 bridgehead atoms. The monoisotopic (exact) mass is 394 g/mol. The molecule has 3 fully saturated rings. The van der Waals surface area contributed by atoms with E-state index in [0.29, 0.717) is 31.5 Å². The highest BCUT2D eigenvalue weighted by Gasteiger charge is 2.61. The lowest BCUT2D eigenvalue weighted by molar-refractivity contribution is -0.143. The van der Waals surface area contributed by atoms with Crippen LogP contribution in [0.1, 0.15) is 41.2 Å². The second kappa shape index (κ2) is 6.95. The summed E-state index contributed by atoms with van der Waals surface area (Å²) in [5.74, 6) is -0.180. The zero-order valence-corrected chi connectivity index (χ0v) is 16.0. The number of fused-ring (bicyclic) bond motifs is 1. The maximum atomic E-state index is 14.8. The van der Waals surface area contributed by atoms with E-state index in [2.05, 4.69) is 0 Å². The predicted octanol–water partition coefficient (Wildman–Crippen LogP) is 3.33. The lowest BCUT2D eigenvalue weighted by atomic mass is 9.89. The molecular weight excluding hydrogens is 371 g/mol. The SMILES string of the molecule is O=C(c1ccccc1)N1CCC2(CC1)O[C@@H]1[C@@H](F)C[C@@H](c3ccccc3)N1C2=O. The smallest absolute Gasteiger partial charge is 0.257 e. The van der Waals surface area contributed by atoms with E-state index < -0.39 is 18.0 Å². The molecule has 1 spiro atoms. The lowest BCUT2D eigenvalue weighted by Crippen LogP contribution is -2.51. The summed E-state index contributed by atoms with van der Waals surface area (Å²) in [7, 11) is 0. The molecule has 150 valence electrons. The van der Waals surface area contributed by atoms with Crippen molar-refractivity contribution in [2.45, 2.75) is 43.3 Å². The number of carbonyl (C=O) groups excluding carboxylic acids is 2. The van der Waals surface area contributed by atoms with Crippen molar-refractivity contribution in [1.82, 2.24) is 9.80 Å². The van der Waals surface area contributed by atoms with E-state index in [-0.39, 0.29) is 24.3 Å². The minimum absolute atomic E-state index is 0.0445. The fourth-order valence-corrected chi connectivity index (χ4v) is 4.84. The van der Waals surface area contributed by atoms with Crippen molar-refractivity contribution in [3.8, 4) is 0 Å². The van der Waals surface area contributed by atoms with Crippen molar-refractivity contribution in [1.29, 1.82) is 0 Å². The third-order valence-electron chi connectivity index (χ3n) is 6.40. The fourth-order valence-electron chi connectivity index (χ4n) is 4.84. The maximum Gasteiger partial charge on any atom is 0.257 e. The molecule has 5 nitrogen and oxygen atoms in total. The van der Waals surface area contributed by atoms with Gasteiger partial charge in [-0.15, -0.1) is 0 Å². The first-order valence-corrected chi connectivity index (χ1v) is 10.1. The number of nitrogens with zero attached hydrogens (tertiary/aromatic N) is 2. The van der Waals surface area contributed by atoms with E-state index in [1.807, 2.05) is 48.5 Å². The summed E-state index contributed by atoms with van der Waals surface area (Å²) in [6.45, 7) is 0.847. The Balaban J connectivity index is 1.33. The summed E-state index contributed by atoms with van der Waals surface area (Å²) in [5, 5.41) is 0. The zero-order valence-electron chi connectivity index (χ0n) is 16.0. The Kier molecular flexibility index (Phi) is 4.39. The van der Waals surface area contributed by atoms with Gasteiger partial charge in [0, 0.05) is 37.9 Å². The van der Waals surface area contributed by atoms with Crippen LogP contribution in [-0.2, 0) is 9.53 Å². The van der Waals surface area contributed by atoms with Crippen LogP contribution in [0.15, 0.2) is 60.7 Å². The highest BCUT2D eigenvalue weighted by atomic mass is 19.1. The standard InChI is InChI=1S/C23H23FN2O3/c24-18-15-19(16-7-3-1-4-8-16)26-21(18)29-23(22(26)28)11-13-25(14-12-23)20(27)17-9-5-2-6-10-17/h1-10,18-19,21H,11-15H2/t18-,19-,21+/m0/s1. The summed E-state index contributed by atoms with van der Waals surface area (Å²) in [4.78, 5) is 29.4. The number of piperidine rings is 1. The Hall–Kier alpha value is -2.73. The zero-order chi connectivity index (χ0) is 20.0. The van der Waals surface area contributed by atoms with Gasteiger partial charge in [-0.05, 0) is 17.7 Å². The number of hydrogen-bond acceptors (Lipinski definition) is 3. The molecule has 3 saturated heterocycles. The summed E-state index contributed by atoms with van der Waals surface area (Å²) in [5.41, 5.74) is 0.551. The highest BCUT2D eigenvalue weighted by molar-refractivity contribution is 5.95. The second-order valence-electron chi connectivity index (χ2n) is 8.05. The third-order valence-corrected chi connectivity index (χ3v) is 6.40. The molecule has 29 heavy (non-hydrogen) atoms. The van der Waals surface area contributed by atoms with Gasteiger partial charge in [0.05, 0.1) is 6.04 Å². The van der Waals surface area contributed by atoms with Crippen molar-refractivity contribution >= 4 is 11.8 Å². The first kappa shape index (κ1) is 18.3. The van der Waals surface area contributed by atoms with Crippen LogP contribution < -0.4 is 0 Å². The van der Waals surface area contributed by atoms with Gasteiger partial charge in [-0.25, -0.2) is 4.39 Å². The maximum absolute atomic E-state index is 14.8. The van der Waals surface area contributed by atoms with Gasteiger partial charge in [0.1, 0.15) is 6.17 Å². The van der Waals surface area contributed by atoms with Gasteiger partial charge in [0.2, 0.25) is 0 Å². The van der Waals surface area contributed by atoms with Crippen molar-refractivity contribution in [2.75, 3.05) is 13.1 Å². The molecular formula is C23H23FN2O3. The Morgan fingerprint density at radius 2 is 1.62 bits per heavy atom.